The van der Waals surface area contributed by atoms with E-state index in [1.807, 2.05) is 12.1 Å². The van der Waals surface area contributed by atoms with Gasteiger partial charge in [-0.3, -0.25) is 4.79 Å². The molecule has 2 N–H and O–H groups in total. The molecule has 1 aliphatic rings. The van der Waals surface area contributed by atoms with Crippen molar-refractivity contribution in [3.8, 4) is 0 Å². The number of hydrogen-bond acceptors (Lipinski definition) is 3. The van der Waals surface area contributed by atoms with E-state index in [0.717, 1.165) is 36.5 Å². The highest BCUT2D eigenvalue weighted by molar-refractivity contribution is 9.10. The van der Waals surface area contributed by atoms with Crippen molar-refractivity contribution in [3.05, 3.63) is 27.1 Å². The molecule has 0 aromatic carbocycles. The predicted octanol–water partition coefficient (Wildman–Crippen LogP) is 0.547. The minimum Gasteiger partial charge on any atom is -0.365 e. The summed E-state index contributed by atoms with van der Waals surface area (Å²) in [6.07, 6.45) is 0. The lowest BCUT2D eigenvalue weighted by Crippen LogP contribution is -2.45. The normalized spacial score (nSPS) is 17.1. The molecule has 1 saturated heterocycles. The van der Waals surface area contributed by atoms with Crippen LogP contribution in [0.15, 0.2) is 21.5 Å². The molecule has 14 heavy (non-hydrogen) atoms. The number of rotatable bonds is 1. The number of pyridine rings is 1. The number of aromatic amines is 1. The summed E-state index contributed by atoms with van der Waals surface area (Å²) >= 11 is 3.23. The molecule has 1 aromatic heterocycles. The molecule has 0 amide bonds. The van der Waals surface area contributed by atoms with Gasteiger partial charge in [-0.05, 0) is 28.1 Å². The number of halogens is 1. The van der Waals surface area contributed by atoms with Gasteiger partial charge in [0.2, 0.25) is 0 Å². The van der Waals surface area contributed by atoms with Crippen LogP contribution in [0.25, 0.3) is 0 Å². The van der Waals surface area contributed by atoms with Gasteiger partial charge in [0.25, 0.3) is 5.56 Å². The first-order valence-electron chi connectivity index (χ1n) is 4.62. The fourth-order valence-corrected chi connectivity index (χ4v) is 1.91. The maximum absolute atomic E-state index is 11.6. The topological polar surface area (TPSA) is 48.1 Å². The van der Waals surface area contributed by atoms with Crippen molar-refractivity contribution in [1.29, 1.82) is 0 Å². The first-order chi connectivity index (χ1) is 6.77. The summed E-state index contributed by atoms with van der Waals surface area (Å²) < 4.78 is 0.724. The Morgan fingerprint density at radius 1 is 1.29 bits per heavy atom. The molecule has 5 heteroatoms. The zero-order chi connectivity index (χ0) is 9.97. The third kappa shape index (κ3) is 1.99. The van der Waals surface area contributed by atoms with Crippen molar-refractivity contribution in [2.24, 2.45) is 0 Å². The molecule has 2 rings (SSSR count). The SMILES string of the molecule is O=c1[nH]c(Br)ccc1N1CCNCC1. The number of aromatic nitrogens is 1. The summed E-state index contributed by atoms with van der Waals surface area (Å²) in [5.74, 6) is 0. The van der Waals surface area contributed by atoms with Gasteiger partial charge in [0.1, 0.15) is 5.69 Å². The molecule has 1 fully saturated rings. The Hall–Kier alpha value is -0.810. The lowest BCUT2D eigenvalue weighted by Gasteiger charge is -2.28. The molecule has 0 spiro atoms. The molecule has 0 bridgehead atoms. The lowest BCUT2D eigenvalue weighted by atomic mass is 10.3. The average molecular weight is 258 g/mol. The van der Waals surface area contributed by atoms with Crippen LogP contribution in [0.4, 0.5) is 5.69 Å². The van der Waals surface area contributed by atoms with E-state index in [1.54, 1.807) is 0 Å². The second kappa shape index (κ2) is 4.14. The van der Waals surface area contributed by atoms with Crippen molar-refractivity contribution in [1.82, 2.24) is 10.3 Å². The van der Waals surface area contributed by atoms with Gasteiger partial charge in [-0.25, -0.2) is 0 Å². The Balaban J connectivity index is 2.26. The molecular weight excluding hydrogens is 246 g/mol. The second-order valence-electron chi connectivity index (χ2n) is 3.26. The molecule has 1 aromatic rings. The van der Waals surface area contributed by atoms with Crippen LogP contribution in [0.3, 0.4) is 0 Å². The van der Waals surface area contributed by atoms with Crippen molar-refractivity contribution in [2.45, 2.75) is 0 Å². The zero-order valence-corrected chi connectivity index (χ0v) is 9.30. The third-order valence-corrected chi connectivity index (χ3v) is 2.77. The lowest BCUT2D eigenvalue weighted by molar-refractivity contribution is 0.587. The van der Waals surface area contributed by atoms with Gasteiger partial charge < -0.3 is 15.2 Å². The van der Waals surface area contributed by atoms with Gasteiger partial charge in [-0.1, -0.05) is 0 Å². The quantitative estimate of drug-likeness (QED) is 0.723. The first-order valence-corrected chi connectivity index (χ1v) is 5.41. The Morgan fingerprint density at radius 2 is 2.00 bits per heavy atom. The molecule has 0 saturated carbocycles. The minimum atomic E-state index is -0.0266. The maximum atomic E-state index is 11.6. The van der Waals surface area contributed by atoms with Gasteiger partial charge in [-0.2, -0.15) is 0 Å². The summed E-state index contributed by atoms with van der Waals surface area (Å²) in [7, 11) is 0. The van der Waals surface area contributed by atoms with E-state index in [9.17, 15) is 4.79 Å². The van der Waals surface area contributed by atoms with E-state index in [1.165, 1.54) is 0 Å². The van der Waals surface area contributed by atoms with E-state index >= 15 is 0 Å². The summed E-state index contributed by atoms with van der Waals surface area (Å²) in [6, 6.07) is 3.72. The Morgan fingerprint density at radius 3 is 2.64 bits per heavy atom. The summed E-state index contributed by atoms with van der Waals surface area (Å²) in [6.45, 7) is 3.67. The van der Waals surface area contributed by atoms with E-state index in [2.05, 4.69) is 31.1 Å². The van der Waals surface area contributed by atoms with Crippen LogP contribution in [0.1, 0.15) is 0 Å². The smallest absolute Gasteiger partial charge is 0.272 e. The van der Waals surface area contributed by atoms with E-state index in [4.69, 9.17) is 0 Å². The largest absolute Gasteiger partial charge is 0.365 e. The van der Waals surface area contributed by atoms with Crippen LogP contribution in [-0.4, -0.2) is 31.2 Å². The van der Waals surface area contributed by atoms with Gasteiger partial charge >= 0.3 is 0 Å². The highest BCUT2D eigenvalue weighted by Crippen LogP contribution is 2.11. The van der Waals surface area contributed by atoms with Gasteiger partial charge in [0.15, 0.2) is 0 Å². The molecule has 2 heterocycles. The molecule has 0 atom stereocenters. The molecule has 0 radical (unpaired) electrons. The van der Waals surface area contributed by atoms with Crippen LogP contribution in [0.5, 0.6) is 0 Å². The average Bonchev–Trinajstić information content (AvgIpc) is 2.19. The number of anilines is 1. The number of H-pyrrole nitrogens is 1. The standard InChI is InChI=1S/C9H12BrN3O/c10-8-2-1-7(9(14)12-8)13-5-3-11-4-6-13/h1-2,11H,3-6H2,(H,12,14). The second-order valence-corrected chi connectivity index (χ2v) is 4.11. The molecule has 0 unspecified atom stereocenters. The van der Waals surface area contributed by atoms with Crippen LogP contribution in [0.2, 0.25) is 0 Å². The highest BCUT2D eigenvalue weighted by Gasteiger charge is 2.12. The minimum absolute atomic E-state index is 0.0266. The van der Waals surface area contributed by atoms with Crippen molar-refractivity contribution >= 4 is 21.6 Å². The molecule has 76 valence electrons. The molecule has 0 aliphatic carbocycles. The Labute approximate surface area is 90.4 Å². The highest BCUT2D eigenvalue weighted by atomic mass is 79.9. The number of piperazine rings is 1. The van der Waals surface area contributed by atoms with Gasteiger partial charge in [-0.15, -0.1) is 0 Å². The summed E-state index contributed by atoms with van der Waals surface area (Å²) in [4.78, 5) is 16.4. The summed E-state index contributed by atoms with van der Waals surface area (Å²) in [5.41, 5.74) is 0.732. The molecule has 4 nitrogen and oxygen atoms in total. The van der Waals surface area contributed by atoms with E-state index in [-0.39, 0.29) is 5.56 Å². The first kappa shape index (κ1) is 9.73. The van der Waals surface area contributed by atoms with Crippen molar-refractivity contribution in [3.63, 3.8) is 0 Å². The van der Waals surface area contributed by atoms with Crippen LogP contribution in [-0.2, 0) is 0 Å². The van der Waals surface area contributed by atoms with Gasteiger partial charge in [0, 0.05) is 26.2 Å². The fraction of sp³-hybridized carbons (Fsp3) is 0.444. The fourth-order valence-electron chi connectivity index (χ4n) is 1.60. The Kier molecular flexibility index (Phi) is 2.88. The molecule has 1 aliphatic heterocycles. The third-order valence-electron chi connectivity index (χ3n) is 2.31. The number of nitrogens with one attached hydrogen (secondary N) is 2. The van der Waals surface area contributed by atoms with E-state index < -0.39 is 0 Å². The number of nitrogens with zero attached hydrogens (tertiary/aromatic N) is 1. The summed E-state index contributed by atoms with van der Waals surface area (Å²) in [5, 5.41) is 3.25. The van der Waals surface area contributed by atoms with Crippen LogP contribution in [0, 0.1) is 0 Å². The van der Waals surface area contributed by atoms with Crippen molar-refractivity contribution < 1.29 is 0 Å². The number of hydrogen-bond donors (Lipinski definition) is 2. The predicted molar refractivity (Wildman–Crippen MR) is 59.8 cm³/mol. The zero-order valence-electron chi connectivity index (χ0n) is 7.72. The Bertz CT molecular complexity index is 371. The van der Waals surface area contributed by atoms with Gasteiger partial charge in [0.05, 0.1) is 4.60 Å². The maximum Gasteiger partial charge on any atom is 0.272 e. The van der Waals surface area contributed by atoms with Crippen LogP contribution < -0.4 is 15.8 Å². The van der Waals surface area contributed by atoms with E-state index in [0.29, 0.717) is 0 Å². The molecular formula is C9H12BrN3O. The van der Waals surface area contributed by atoms with Crippen molar-refractivity contribution in [2.75, 3.05) is 31.1 Å². The van der Waals surface area contributed by atoms with Crippen LogP contribution >= 0.6 is 15.9 Å². The monoisotopic (exact) mass is 257 g/mol.